The highest BCUT2D eigenvalue weighted by atomic mass is 16.8. The number of amides is 1. The molecule has 4 aliphatic carbocycles. The van der Waals surface area contributed by atoms with Gasteiger partial charge in [0.1, 0.15) is 11.7 Å². The summed E-state index contributed by atoms with van der Waals surface area (Å²) in [6.07, 6.45) is 1.55. The van der Waals surface area contributed by atoms with Gasteiger partial charge in [0, 0.05) is 30.4 Å². The summed E-state index contributed by atoms with van der Waals surface area (Å²) in [5.74, 6) is -4.12. The Hall–Kier alpha value is -3.53. The number of esters is 1. The number of carbonyl (C=O) groups excluding carboxylic acids is 4. The first-order valence-electron chi connectivity index (χ1n) is 16.4. The van der Waals surface area contributed by atoms with Crippen LogP contribution in [0.2, 0.25) is 0 Å². The highest BCUT2D eigenvalue weighted by molar-refractivity contribution is 5.92. The largest absolute Gasteiger partial charge is 0.595 e. The highest BCUT2D eigenvalue weighted by Crippen LogP contribution is 2.67. The van der Waals surface area contributed by atoms with Crippen LogP contribution in [-0.4, -0.2) is 79.4 Å². The Bertz CT molecular complexity index is 1510. The molecular formula is C34H44N2O12. The maximum Gasteiger partial charge on any atom is 0.329 e. The Labute approximate surface area is 277 Å². The normalized spacial score (nSPS) is 34.4. The van der Waals surface area contributed by atoms with Gasteiger partial charge in [-0.2, -0.15) is 5.23 Å². The molecule has 0 spiro atoms. The van der Waals surface area contributed by atoms with Gasteiger partial charge >= 0.3 is 11.9 Å². The predicted molar refractivity (Wildman–Crippen MR) is 165 cm³/mol. The Kier molecular flexibility index (Phi) is 9.99. The van der Waals surface area contributed by atoms with E-state index >= 15 is 0 Å². The number of aliphatic hydroxyl groups excluding tert-OH is 2. The predicted octanol–water partition coefficient (Wildman–Crippen LogP) is 0.819. The van der Waals surface area contributed by atoms with Gasteiger partial charge < -0.3 is 35.7 Å². The summed E-state index contributed by atoms with van der Waals surface area (Å²) in [4.78, 5) is 62.4. The van der Waals surface area contributed by atoms with Gasteiger partial charge in [0.15, 0.2) is 24.1 Å². The average Bonchev–Trinajstić information content (AvgIpc) is 3.31. The zero-order chi connectivity index (χ0) is 35.2. The van der Waals surface area contributed by atoms with Crippen molar-refractivity contribution in [1.29, 1.82) is 0 Å². The summed E-state index contributed by atoms with van der Waals surface area (Å²) in [6, 6.07) is 3.12. The van der Waals surface area contributed by atoms with Crippen molar-refractivity contribution in [3.63, 3.8) is 0 Å². The molecule has 48 heavy (non-hydrogen) atoms. The van der Waals surface area contributed by atoms with Crippen LogP contribution < -0.4 is 10.5 Å². The molecule has 10 atom stereocenters. The Balaban J connectivity index is 1.16. The molecule has 1 unspecified atom stereocenters. The number of fused-ring (bicyclic) bond motifs is 5. The van der Waals surface area contributed by atoms with Crippen LogP contribution in [0.4, 0.5) is 5.69 Å². The van der Waals surface area contributed by atoms with Crippen molar-refractivity contribution < 1.29 is 59.6 Å². The SMILES string of the molecule is C[C@]12CCC(=O)C=C1CC[C@H]1[C@@H]2[C@@H](O)C[C@]2(C)[C@H]1CC[C@]2(O)C(=O)COC(=O)CCC(=O)N[C@H](C(=O)O)[C@H](O)c1cccc([NH+]([O-])O)c1. The molecule has 14 nitrogen and oxygen atoms in total. The van der Waals surface area contributed by atoms with E-state index in [2.05, 4.69) is 12.2 Å². The summed E-state index contributed by atoms with van der Waals surface area (Å²) in [5.41, 5.74) is -2.29. The van der Waals surface area contributed by atoms with Crippen LogP contribution in [0.15, 0.2) is 35.9 Å². The molecule has 1 aromatic carbocycles. The molecule has 5 rings (SSSR count). The first-order chi connectivity index (χ1) is 22.5. The van der Waals surface area contributed by atoms with Crippen LogP contribution in [0, 0.1) is 33.8 Å². The van der Waals surface area contributed by atoms with Gasteiger partial charge in [-0.25, -0.2) is 10.0 Å². The van der Waals surface area contributed by atoms with Crippen LogP contribution in [0.5, 0.6) is 0 Å². The van der Waals surface area contributed by atoms with E-state index in [1.165, 1.54) is 18.2 Å². The molecule has 7 N–H and O–H groups in total. The molecule has 1 aromatic rings. The first-order valence-corrected chi connectivity index (χ1v) is 16.4. The number of benzene rings is 1. The number of quaternary nitrogens is 1. The molecule has 0 aliphatic heterocycles. The monoisotopic (exact) mass is 672 g/mol. The number of hydrogen-bond donors (Lipinski definition) is 7. The van der Waals surface area contributed by atoms with Gasteiger partial charge in [-0.3, -0.25) is 19.2 Å². The lowest BCUT2D eigenvalue weighted by Crippen LogP contribution is -2.99. The second-order valence-corrected chi connectivity index (χ2v) is 14.3. The molecule has 0 bridgehead atoms. The fraction of sp³-hybridized carbons (Fsp3) is 0.618. The number of carboxylic acids is 1. The zero-order valence-corrected chi connectivity index (χ0v) is 27.0. The minimum Gasteiger partial charge on any atom is -0.595 e. The molecule has 1 amide bonds. The number of ether oxygens (including phenoxy) is 1. The Morgan fingerprint density at radius 3 is 2.54 bits per heavy atom. The third kappa shape index (κ3) is 6.32. The summed E-state index contributed by atoms with van der Waals surface area (Å²) in [5, 5.41) is 64.7. The second kappa shape index (κ2) is 13.4. The maximum atomic E-state index is 13.5. The number of allylic oxidation sites excluding steroid dienone is 1. The molecule has 0 saturated heterocycles. The van der Waals surface area contributed by atoms with Crippen LogP contribution in [0.25, 0.3) is 0 Å². The number of carboxylic acid groups (broad SMARTS) is 1. The minimum absolute atomic E-state index is 0.0475. The van der Waals surface area contributed by atoms with E-state index in [9.17, 15) is 49.6 Å². The summed E-state index contributed by atoms with van der Waals surface area (Å²) in [6.45, 7) is 3.19. The van der Waals surface area contributed by atoms with Crippen molar-refractivity contribution in [3.8, 4) is 0 Å². The van der Waals surface area contributed by atoms with Gasteiger partial charge in [0.05, 0.1) is 12.5 Å². The Morgan fingerprint density at radius 2 is 1.85 bits per heavy atom. The fourth-order valence-electron chi connectivity index (χ4n) is 9.27. The lowest BCUT2D eigenvalue weighted by molar-refractivity contribution is -0.991. The van der Waals surface area contributed by atoms with Gasteiger partial charge in [0.2, 0.25) is 11.7 Å². The quantitative estimate of drug-likeness (QED) is 0.128. The standard InChI is InChI=1S/C34H44N2O12/c1-32-12-10-21(37)15-19(32)6-7-22-23-11-13-34(45,33(23,2)16-24(38)28(22)32)25(39)17-48-27(41)9-8-26(40)35-29(31(43)44)30(42)18-4-3-5-20(14-18)36(46)47/h3-5,14-15,22-24,28-30,36,38,42,45-46H,6-13,16-17H2,1-2H3,(H,35,40)(H,43,44)/t22-,23+,24+,28-,29+,30-,32+,33-,34+/m1/s1. The number of hydrogen-bond acceptors (Lipinski definition) is 11. The van der Waals surface area contributed by atoms with Crippen molar-refractivity contribution >= 4 is 35.1 Å². The van der Waals surface area contributed by atoms with Crippen molar-refractivity contribution in [2.45, 2.75) is 95.5 Å². The fourth-order valence-corrected chi connectivity index (χ4v) is 9.27. The zero-order valence-electron chi connectivity index (χ0n) is 27.0. The second-order valence-electron chi connectivity index (χ2n) is 14.3. The Morgan fingerprint density at radius 1 is 1.12 bits per heavy atom. The van der Waals surface area contributed by atoms with Crippen molar-refractivity contribution in [1.82, 2.24) is 5.32 Å². The molecule has 0 heterocycles. The molecule has 262 valence electrons. The van der Waals surface area contributed by atoms with Crippen LogP contribution in [-0.2, 0) is 28.7 Å². The number of aliphatic carboxylic acids is 1. The number of carbonyl (C=O) groups is 5. The van der Waals surface area contributed by atoms with E-state index in [0.29, 0.717) is 19.3 Å². The number of aliphatic hydroxyl groups is 3. The molecule has 4 aliphatic rings. The molecule has 0 radical (unpaired) electrons. The number of ketones is 2. The molecular weight excluding hydrogens is 628 g/mol. The van der Waals surface area contributed by atoms with Gasteiger partial charge in [-0.1, -0.05) is 31.6 Å². The van der Waals surface area contributed by atoms with Crippen LogP contribution in [0.1, 0.15) is 83.3 Å². The summed E-state index contributed by atoms with van der Waals surface area (Å²) >= 11 is 0. The summed E-state index contributed by atoms with van der Waals surface area (Å²) in [7, 11) is 0. The lowest BCUT2D eigenvalue weighted by Gasteiger charge is -2.60. The van der Waals surface area contributed by atoms with Crippen molar-refractivity contribution in [3.05, 3.63) is 46.7 Å². The number of rotatable bonds is 11. The lowest BCUT2D eigenvalue weighted by atomic mass is 9.45. The van der Waals surface area contributed by atoms with E-state index < -0.39 is 77.6 Å². The third-order valence-electron chi connectivity index (χ3n) is 11.8. The maximum absolute atomic E-state index is 13.5. The first kappa shape index (κ1) is 35.8. The van der Waals surface area contributed by atoms with Crippen LogP contribution >= 0.6 is 0 Å². The highest BCUT2D eigenvalue weighted by Gasteiger charge is 2.68. The van der Waals surface area contributed by atoms with E-state index in [-0.39, 0.29) is 53.0 Å². The molecule has 3 saturated carbocycles. The topological polar surface area (TPSA) is 235 Å². The summed E-state index contributed by atoms with van der Waals surface area (Å²) < 4.78 is 5.14. The minimum atomic E-state index is -1.84. The van der Waals surface area contributed by atoms with E-state index in [4.69, 9.17) is 9.94 Å². The van der Waals surface area contributed by atoms with Gasteiger partial charge in [-0.15, -0.1) is 0 Å². The molecule has 14 heteroatoms. The smallest absolute Gasteiger partial charge is 0.329 e. The third-order valence-corrected chi connectivity index (χ3v) is 11.8. The average molecular weight is 673 g/mol. The number of Topliss-reactive ketones (excluding diaryl/α,β-unsaturated/α-hetero) is 1. The van der Waals surface area contributed by atoms with Gasteiger partial charge in [-0.05, 0) is 73.3 Å². The van der Waals surface area contributed by atoms with E-state index in [1.54, 1.807) is 6.08 Å². The van der Waals surface area contributed by atoms with E-state index in [1.807, 2.05) is 6.92 Å². The van der Waals surface area contributed by atoms with Crippen molar-refractivity contribution in [2.75, 3.05) is 6.61 Å². The number of nitrogens with one attached hydrogen (secondary N) is 2. The molecule has 0 aromatic heterocycles. The van der Waals surface area contributed by atoms with Gasteiger partial charge in [0.25, 0.3) is 0 Å². The van der Waals surface area contributed by atoms with E-state index in [0.717, 1.165) is 24.5 Å². The molecule has 3 fully saturated rings. The van der Waals surface area contributed by atoms with Crippen molar-refractivity contribution in [2.24, 2.45) is 28.6 Å². The van der Waals surface area contributed by atoms with Crippen LogP contribution in [0.3, 0.4) is 0 Å².